The molecular formula is C28H20ClN3O5. The Labute approximate surface area is 217 Å². The Morgan fingerprint density at radius 1 is 1.11 bits per heavy atom. The number of methoxy groups -OCH3 is 1. The second-order valence-electron chi connectivity index (χ2n) is 7.89. The van der Waals surface area contributed by atoms with Gasteiger partial charge >= 0.3 is 0 Å². The van der Waals surface area contributed by atoms with E-state index in [1.165, 1.54) is 37.5 Å². The number of fused-ring (bicyclic) bond motifs is 1. The van der Waals surface area contributed by atoms with Gasteiger partial charge in [0.25, 0.3) is 11.6 Å². The molecule has 8 nitrogen and oxygen atoms in total. The number of nitro benzene ring substituents is 1. The number of nitriles is 1. The molecule has 0 aliphatic heterocycles. The minimum Gasteiger partial charge on any atom is -0.493 e. The van der Waals surface area contributed by atoms with Crippen LogP contribution in [0.15, 0.2) is 84.4 Å². The van der Waals surface area contributed by atoms with Crippen molar-refractivity contribution in [3.8, 4) is 17.6 Å². The third-order valence-electron chi connectivity index (χ3n) is 5.49. The summed E-state index contributed by atoms with van der Waals surface area (Å²) in [5, 5.41) is 25.4. The van der Waals surface area contributed by atoms with Crippen molar-refractivity contribution >= 4 is 45.7 Å². The molecule has 0 saturated heterocycles. The van der Waals surface area contributed by atoms with Gasteiger partial charge in [0, 0.05) is 17.8 Å². The predicted octanol–water partition coefficient (Wildman–Crippen LogP) is 6.53. The van der Waals surface area contributed by atoms with E-state index in [1.807, 2.05) is 48.5 Å². The molecule has 4 rings (SSSR count). The lowest BCUT2D eigenvalue weighted by atomic mass is 10.1. The molecule has 0 fully saturated rings. The summed E-state index contributed by atoms with van der Waals surface area (Å²) in [5.41, 5.74) is 1.19. The number of nitro groups is 1. The number of rotatable bonds is 8. The zero-order valence-electron chi connectivity index (χ0n) is 19.6. The number of amides is 1. The van der Waals surface area contributed by atoms with Crippen molar-refractivity contribution in [2.45, 2.75) is 6.61 Å². The highest BCUT2D eigenvalue weighted by Gasteiger charge is 2.16. The summed E-state index contributed by atoms with van der Waals surface area (Å²) in [4.78, 5) is 23.0. The van der Waals surface area contributed by atoms with Crippen molar-refractivity contribution in [1.29, 1.82) is 5.26 Å². The Morgan fingerprint density at radius 3 is 2.62 bits per heavy atom. The monoisotopic (exact) mass is 513 g/mol. The van der Waals surface area contributed by atoms with Crippen LogP contribution in [-0.4, -0.2) is 17.9 Å². The molecule has 9 heteroatoms. The van der Waals surface area contributed by atoms with Crippen LogP contribution in [0, 0.1) is 21.4 Å². The third-order valence-corrected chi connectivity index (χ3v) is 5.78. The Balaban J connectivity index is 1.56. The molecule has 37 heavy (non-hydrogen) atoms. The molecule has 0 aliphatic carbocycles. The summed E-state index contributed by atoms with van der Waals surface area (Å²) in [7, 11) is 1.46. The predicted molar refractivity (Wildman–Crippen MR) is 142 cm³/mol. The molecule has 0 aliphatic rings. The highest BCUT2D eigenvalue weighted by molar-refractivity contribution is 6.32. The largest absolute Gasteiger partial charge is 0.493 e. The zero-order valence-corrected chi connectivity index (χ0v) is 20.4. The highest BCUT2D eigenvalue weighted by Crippen LogP contribution is 2.38. The van der Waals surface area contributed by atoms with Gasteiger partial charge in [-0.25, -0.2) is 0 Å². The normalized spacial score (nSPS) is 11.0. The van der Waals surface area contributed by atoms with E-state index in [4.69, 9.17) is 21.1 Å². The lowest BCUT2D eigenvalue weighted by Crippen LogP contribution is -2.13. The lowest BCUT2D eigenvalue weighted by Gasteiger charge is -2.14. The van der Waals surface area contributed by atoms with Crippen LogP contribution >= 0.6 is 11.6 Å². The van der Waals surface area contributed by atoms with Gasteiger partial charge in [-0.1, -0.05) is 60.1 Å². The maximum atomic E-state index is 12.6. The molecule has 0 spiro atoms. The molecular weight excluding hydrogens is 494 g/mol. The maximum absolute atomic E-state index is 12.6. The van der Waals surface area contributed by atoms with E-state index in [2.05, 4.69) is 5.32 Å². The number of non-ortho nitro benzene ring substituents is 1. The number of carbonyl (C=O) groups excluding carboxylic acids is 1. The SMILES string of the molecule is COc1cc(/C=C(\C#N)C(=O)Nc2cccc([N+](=O)[O-])c2)cc(Cl)c1OCc1cccc2ccccc12. The Morgan fingerprint density at radius 2 is 1.86 bits per heavy atom. The Bertz CT molecular complexity index is 1570. The fourth-order valence-corrected chi connectivity index (χ4v) is 4.02. The first kappa shape index (κ1) is 25.2. The van der Waals surface area contributed by atoms with Gasteiger partial charge in [-0.3, -0.25) is 14.9 Å². The van der Waals surface area contributed by atoms with Crippen molar-refractivity contribution in [2.75, 3.05) is 12.4 Å². The van der Waals surface area contributed by atoms with Gasteiger partial charge in [-0.05, 0) is 46.2 Å². The lowest BCUT2D eigenvalue weighted by molar-refractivity contribution is -0.384. The van der Waals surface area contributed by atoms with Crippen molar-refractivity contribution in [3.05, 3.63) is 111 Å². The van der Waals surface area contributed by atoms with Crippen LogP contribution in [0.25, 0.3) is 16.8 Å². The van der Waals surface area contributed by atoms with Gasteiger partial charge < -0.3 is 14.8 Å². The van der Waals surface area contributed by atoms with Crippen molar-refractivity contribution < 1.29 is 19.2 Å². The fraction of sp³-hybridized carbons (Fsp3) is 0.0714. The molecule has 0 bridgehead atoms. The van der Waals surface area contributed by atoms with E-state index in [0.717, 1.165) is 16.3 Å². The second-order valence-corrected chi connectivity index (χ2v) is 8.30. The number of carbonyl (C=O) groups is 1. The average molecular weight is 514 g/mol. The first-order valence-electron chi connectivity index (χ1n) is 11.0. The zero-order chi connectivity index (χ0) is 26.4. The smallest absolute Gasteiger partial charge is 0.271 e. The number of halogens is 1. The van der Waals surface area contributed by atoms with E-state index in [1.54, 1.807) is 12.1 Å². The third kappa shape index (κ3) is 5.86. The van der Waals surface area contributed by atoms with Gasteiger partial charge in [0.2, 0.25) is 0 Å². The van der Waals surface area contributed by atoms with Crippen molar-refractivity contribution in [2.24, 2.45) is 0 Å². The van der Waals surface area contributed by atoms with E-state index >= 15 is 0 Å². The number of ether oxygens (including phenoxy) is 2. The minimum atomic E-state index is -0.727. The molecule has 0 heterocycles. The summed E-state index contributed by atoms with van der Waals surface area (Å²) in [6.45, 7) is 0.252. The molecule has 0 atom stereocenters. The summed E-state index contributed by atoms with van der Waals surface area (Å²) >= 11 is 6.50. The molecule has 0 aromatic heterocycles. The van der Waals surface area contributed by atoms with E-state index < -0.39 is 10.8 Å². The molecule has 184 valence electrons. The molecule has 1 amide bonds. The highest BCUT2D eigenvalue weighted by atomic mass is 35.5. The topological polar surface area (TPSA) is 114 Å². The van der Waals surface area contributed by atoms with E-state index in [-0.39, 0.29) is 28.6 Å². The Kier molecular flexibility index (Phi) is 7.67. The molecule has 0 saturated carbocycles. The summed E-state index contributed by atoms with van der Waals surface area (Å²) in [6.07, 6.45) is 1.34. The second kappa shape index (κ2) is 11.2. The van der Waals surface area contributed by atoms with E-state index in [9.17, 15) is 20.2 Å². The quantitative estimate of drug-likeness (QED) is 0.124. The standard InChI is InChI=1S/C28H20ClN3O5/c1-36-26-14-18(12-21(16-30)28(33)31-22-9-5-10-23(15-22)32(34)35)13-25(29)27(26)37-17-20-8-4-7-19-6-2-3-11-24(19)20/h2-15H,17H2,1H3,(H,31,33)/b21-12+. The van der Waals surface area contributed by atoms with Gasteiger partial charge in [0.15, 0.2) is 11.5 Å². The number of hydrogen-bond donors (Lipinski definition) is 1. The summed E-state index contributed by atoms with van der Waals surface area (Å²) < 4.78 is 11.5. The van der Waals surface area contributed by atoms with Crippen LogP contribution < -0.4 is 14.8 Å². The number of nitrogens with one attached hydrogen (secondary N) is 1. The fourth-order valence-electron chi connectivity index (χ4n) is 3.74. The van der Waals surface area contributed by atoms with Crippen LogP contribution in [-0.2, 0) is 11.4 Å². The first-order valence-corrected chi connectivity index (χ1v) is 11.4. The summed E-state index contributed by atoms with van der Waals surface area (Å²) in [5.74, 6) is -0.0708. The van der Waals surface area contributed by atoms with Crippen LogP contribution in [0.1, 0.15) is 11.1 Å². The average Bonchev–Trinajstić information content (AvgIpc) is 2.90. The maximum Gasteiger partial charge on any atom is 0.271 e. The van der Waals surface area contributed by atoms with Crippen molar-refractivity contribution in [1.82, 2.24) is 0 Å². The number of benzene rings is 4. The van der Waals surface area contributed by atoms with Crippen LogP contribution in [0.4, 0.5) is 11.4 Å². The number of anilines is 1. The molecule has 0 unspecified atom stereocenters. The van der Waals surface area contributed by atoms with Gasteiger partial charge in [0.1, 0.15) is 18.2 Å². The molecule has 4 aromatic rings. The van der Waals surface area contributed by atoms with Gasteiger partial charge in [0.05, 0.1) is 17.1 Å². The van der Waals surface area contributed by atoms with Gasteiger partial charge in [-0.2, -0.15) is 5.26 Å². The summed E-state index contributed by atoms with van der Waals surface area (Å²) in [6, 6.07) is 24.3. The number of nitrogens with zero attached hydrogens (tertiary/aromatic N) is 2. The molecule has 0 radical (unpaired) electrons. The number of hydrogen-bond acceptors (Lipinski definition) is 6. The van der Waals surface area contributed by atoms with Crippen LogP contribution in [0.3, 0.4) is 0 Å². The molecule has 1 N–H and O–H groups in total. The minimum absolute atomic E-state index is 0.184. The van der Waals surface area contributed by atoms with Crippen LogP contribution in [0.2, 0.25) is 5.02 Å². The first-order chi connectivity index (χ1) is 17.9. The van der Waals surface area contributed by atoms with E-state index in [0.29, 0.717) is 17.1 Å². The van der Waals surface area contributed by atoms with Crippen LogP contribution in [0.5, 0.6) is 11.5 Å². The van der Waals surface area contributed by atoms with Crippen molar-refractivity contribution in [3.63, 3.8) is 0 Å². The molecule has 4 aromatic carbocycles. The Hall–Kier alpha value is -4.87. The van der Waals surface area contributed by atoms with Gasteiger partial charge in [-0.15, -0.1) is 0 Å².